The molecule has 0 aromatic heterocycles. The highest BCUT2D eigenvalue weighted by molar-refractivity contribution is 5.57. The van der Waals surface area contributed by atoms with Crippen LogP contribution in [0.4, 0.5) is 0 Å². The quantitative estimate of drug-likeness (QED) is 0.598. The van der Waals surface area contributed by atoms with E-state index in [1.807, 2.05) is 0 Å². The molecule has 16 heavy (non-hydrogen) atoms. The first kappa shape index (κ1) is 12.8. The SMILES string of the molecule is C=CC(CC)c1c(C)cccc1C=CCC. The van der Waals surface area contributed by atoms with Crippen LogP contribution in [0.15, 0.2) is 36.9 Å². The van der Waals surface area contributed by atoms with Gasteiger partial charge in [0.25, 0.3) is 0 Å². The molecule has 0 saturated carbocycles. The fourth-order valence-electron chi connectivity index (χ4n) is 2.09. The summed E-state index contributed by atoms with van der Waals surface area (Å²) in [4.78, 5) is 0. The van der Waals surface area contributed by atoms with Gasteiger partial charge in [-0.25, -0.2) is 0 Å². The van der Waals surface area contributed by atoms with E-state index in [2.05, 4.69) is 63.8 Å². The number of hydrogen-bond acceptors (Lipinski definition) is 0. The number of benzene rings is 1. The van der Waals surface area contributed by atoms with Crippen molar-refractivity contribution in [2.24, 2.45) is 0 Å². The second-order valence-corrected chi connectivity index (χ2v) is 4.14. The third kappa shape index (κ3) is 2.85. The topological polar surface area (TPSA) is 0 Å². The standard InChI is InChI=1S/C16H22/c1-5-8-11-15-12-9-10-13(4)16(15)14(6-2)7-3/h6,8-12,14H,2,5,7H2,1,3-4H3. The van der Waals surface area contributed by atoms with Crippen LogP contribution in [0.1, 0.15) is 49.3 Å². The van der Waals surface area contributed by atoms with E-state index >= 15 is 0 Å². The van der Waals surface area contributed by atoms with Gasteiger partial charge in [-0.3, -0.25) is 0 Å². The van der Waals surface area contributed by atoms with E-state index in [0.29, 0.717) is 5.92 Å². The van der Waals surface area contributed by atoms with Gasteiger partial charge >= 0.3 is 0 Å². The van der Waals surface area contributed by atoms with Crippen molar-refractivity contribution in [3.8, 4) is 0 Å². The molecule has 1 aromatic rings. The van der Waals surface area contributed by atoms with Crippen molar-refractivity contribution in [1.82, 2.24) is 0 Å². The van der Waals surface area contributed by atoms with Crippen molar-refractivity contribution in [1.29, 1.82) is 0 Å². The maximum atomic E-state index is 3.95. The summed E-state index contributed by atoms with van der Waals surface area (Å²) in [6.07, 6.45) is 8.70. The molecule has 1 rings (SSSR count). The van der Waals surface area contributed by atoms with Crippen molar-refractivity contribution in [2.75, 3.05) is 0 Å². The Balaban J connectivity index is 3.21. The van der Waals surface area contributed by atoms with Gasteiger partial charge in [0, 0.05) is 5.92 Å². The molecule has 0 heterocycles. The van der Waals surface area contributed by atoms with Gasteiger partial charge in [0.05, 0.1) is 0 Å². The molecule has 0 saturated heterocycles. The number of aryl methyl sites for hydroxylation is 1. The first-order valence-electron chi connectivity index (χ1n) is 6.13. The molecule has 0 aliphatic rings. The summed E-state index contributed by atoms with van der Waals surface area (Å²) in [5.74, 6) is 0.470. The van der Waals surface area contributed by atoms with Gasteiger partial charge in [-0.05, 0) is 36.5 Å². The van der Waals surface area contributed by atoms with Crippen molar-refractivity contribution >= 4 is 6.08 Å². The lowest BCUT2D eigenvalue weighted by Gasteiger charge is -2.16. The Morgan fingerprint density at radius 1 is 1.31 bits per heavy atom. The Morgan fingerprint density at radius 2 is 2.06 bits per heavy atom. The van der Waals surface area contributed by atoms with Crippen molar-refractivity contribution in [2.45, 2.75) is 39.5 Å². The number of hydrogen-bond donors (Lipinski definition) is 0. The zero-order valence-electron chi connectivity index (χ0n) is 10.7. The largest absolute Gasteiger partial charge is 0.102 e. The molecule has 1 unspecified atom stereocenters. The molecule has 0 nitrogen and oxygen atoms in total. The van der Waals surface area contributed by atoms with Crippen LogP contribution in [-0.4, -0.2) is 0 Å². The van der Waals surface area contributed by atoms with Gasteiger partial charge in [-0.15, -0.1) is 6.58 Å². The Kier molecular flexibility index (Phi) is 5.04. The van der Waals surface area contributed by atoms with Gasteiger partial charge in [0.2, 0.25) is 0 Å². The van der Waals surface area contributed by atoms with E-state index in [9.17, 15) is 0 Å². The van der Waals surface area contributed by atoms with Crippen LogP contribution in [0.3, 0.4) is 0 Å². The van der Waals surface area contributed by atoms with Crippen LogP contribution in [0.5, 0.6) is 0 Å². The van der Waals surface area contributed by atoms with Crippen LogP contribution in [0.25, 0.3) is 6.08 Å². The highest BCUT2D eigenvalue weighted by atomic mass is 14.2. The second-order valence-electron chi connectivity index (χ2n) is 4.14. The summed E-state index contributed by atoms with van der Waals surface area (Å²) >= 11 is 0. The molecule has 0 fully saturated rings. The van der Waals surface area contributed by atoms with Gasteiger partial charge in [0.1, 0.15) is 0 Å². The van der Waals surface area contributed by atoms with Crippen molar-refractivity contribution in [3.63, 3.8) is 0 Å². The monoisotopic (exact) mass is 214 g/mol. The molecule has 86 valence electrons. The highest BCUT2D eigenvalue weighted by Crippen LogP contribution is 2.28. The molecule has 1 atom stereocenters. The summed E-state index contributed by atoms with van der Waals surface area (Å²) in [6.45, 7) is 10.5. The molecule has 0 aliphatic heterocycles. The molecular formula is C16H22. The minimum Gasteiger partial charge on any atom is -0.102 e. The lowest BCUT2D eigenvalue weighted by molar-refractivity contribution is 0.798. The van der Waals surface area contributed by atoms with Crippen LogP contribution in [0, 0.1) is 6.92 Å². The smallest absolute Gasteiger partial charge is 0.00212 e. The molecule has 0 bridgehead atoms. The van der Waals surface area contributed by atoms with E-state index in [1.165, 1.54) is 16.7 Å². The molecular weight excluding hydrogens is 192 g/mol. The summed E-state index contributed by atoms with van der Waals surface area (Å²) in [5, 5.41) is 0. The molecule has 0 spiro atoms. The summed E-state index contributed by atoms with van der Waals surface area (Å²) in [5.41, 5.74) is 4.14. The third-order valence-corrected chi connectivity index (χ3v) is 2.99. The molecule has 0 radical (unpaired) electrons. The normalized spacial score (nSPS) is 12.9. The summed E-state index contributed by atoms with van der Waals surface area (Å²) < 4.78 is 0. The first-order valence-corrected chi connectivity index (χ1v) is 6.13. The van der Waals surface area contributed by atoms with Crippen LogP contribution < -0.4 is 0 Å². The number of rotatable bonds is 5. The molecule has 1 aromatic carbocycles. The predicted molar refractivity (Wildman–Crippen MR) is 73.7 cm³/mol. The van der Waals surface area contributed by atoms with Crippen LogP contribution in [0.2, 0.25) is 0 Å². The van der Waals surface area contributed by atoms with Crippen molar-refractivity contribution < 1.29 is 0 Å². The average molecular weight is 214 g/mol. The van der Waals surface area contributed by atoms with Gasteiger partial charge in [-0.2, -0.15) is 0 Å². The lowest BCUT2D eigenvalue weighted by atomic mass is 9.88. The Hall–Kier alpha value is -1.30. The molecule has 0 heteroatoms. The first-order chi connectivity index (χ1) is 7.74. The van der Waals surface area contributed by atoms with Crippen LogP contribution >= 0.6 is 0 Å². The molecule has 0 aliphatic carbocycles. The van der Waals surface area contributed by atoms with E-state index < -0.39 is 0 Å². The van der Waals surface area contributed by atoms with E-state index in [4.69, 9.17) is 0 Å². The van der Waals surface area contributed by atoms with E-state index in [-0.39, 0.29) is 0 Å². The fraction of sp³-hybridized carbons (Fsp3) is 0.375. The van der Waals surface area contributed by atoms with Crippen molar-refractivity contribution in [3.05, 3.63) is 53.6 Å². The fourth-order valence-corrected chi connectivity index (χ4v) is 2.09. The predicted octanol–water partition coefficient (Wildman–Crippen LogP) is 5.10. The third-order valence-electron chi connectivity index (χ3n) is 2.99. The second kappa shape index (κ2) is 6.32. The maximum absolute atomic E-state index is 3.95. The zero-order valence-corrected chi connectivity index (χ0v) is 10.7. The Labute approximate surface area is 99.7 Å². The maximum Gasteiger partial charge on any atom is 0.00212 e. The Bertz CT molecular complexity index is 372. The summed E-state index contributed by atoms with van der Waals surface area (Å²) in [7, 11) is 0. The Morgan fingerprint density at radius 3 is 2.62 bits per heavy atom. The highest BCUT2D eigenvalue weighted by Gasteiger charge is 2.11. The average Bonchev–Trinajstić information content (AvgIpc) is 2.30. The van der Waals surface area contributed by atoms with Gasteiger partial charge in [0.15, 0.2) is 0 Å². The number of allylic oxidation sites excluding steroid dienone is 2. The van der Waals surface area contributed by atoms with Gasteiger partial charge in [-0.1, -0.05) is 50.3 Å². The molecule has 0 amide bonds. The van der Waals surface area contributed by atoms with E-state index in [0.717, 1.165) is 12.8 Å². The summed E-state index contributed by atoms with van der Waals surface area (Å²) in [6, 6.07) is 6.51. The minimum atomic E-state index is 0.470. The minimum absolute atomic E-state index is 0.470. The van der Waals surface area contributed by atoms with Gasteiger partial charge < -0.3 is 0 Å². The molecule has 0 N–H and O–H groups in total. The van der Waals surface area contributed by atoms with Crippen LogP contribution in [-0.2, 0) is 0 Å². The lowest BCUT2D eigenvalue weighted by Crippen LogP contribution is -1.99. The van der Waals surface area contributed by atoms with E-state index in [1.54, 1.807) is 0 Å². The zero-order chi connectivity index (χ0) is 12.0.